The summed E-state index contributed by atoms with van der Waals surface area (Å²) in [7, 11) is 0. The van der Waals surface area contributed by atoms with E-state index in [0.29, 0.717) is 12.0 Å². The zero-order valence-electron chi connectivity index (χ0n) is 13.6. The lowest BCUT2D eigenvalue weighted by molar-refractivity contribution is 0.540. The SMILES string of the molecule is CC(C)CC(C)Nc1ccc(-c2cc3ccccc3[nH]2)cc1. The Hall–Kier alpha value is -2.22. The van der Waals surface area contributed by atoms with Gasteiger partial charge in [-0.1, -0.05) is 44.2 Å². The van der Waals surface area contributed by atoms with E-state index < -0.39 is 0 Å². The lowest BCUT2D eigenvalue weighted by Gasteiger charge is -2.17. The third-order valence-electron chi connectivity index (χ3n) is 3.96. The molecule has 2 aromatic carbocycles. The summed E-state index contributed by atoms with van der Waals surface area (Å²) in [6.07, 6.45) is 1.18. The van der Waals surface area contributed by atoms with Crippen LogP contribution in [0, 0.1) is 5.92 Å². The molecule has 0 aliphatic heterocycles. The molecule has 2 N–H and O–H groups in total. The lowest BCUT2D eigenvalue weighted by Crippen LogP contribution is -2.17. The Labute approximate surface area is 132 Å². The number of para-hydroxylation sites is 1. The summed E-state index contributed by atoms with van der Waals surface area (Å²) in [5, 5.41) is 4.82. The van der Waals surface area contributed by atoms with E-state index in [-0.39, 0.29) is 0 Å². The summed E-state index contributed by atoms with van der Waals surface area (Å²) in [5.74, 6) is 0.716. The van der Waals surface area contributed by atoms with E-state index in [2.05, 4.69) is 85.7 Å². The molecule has 0 aliphatic rings. The highest BCUT2D eigenvalue weighted by atomic mass is 14.9. The van der Waals surface area contributed by atoms with Crippen LogP contribution < -0.4 is 5.32 Å². The van der Waals surface area contributed by atoms with Gasteiger partial charge in [-0.2, -0.15) is 0 Å². The summed E-state index contributed by atoms with van der Waals surface area (Å²) >= 11 is 0. The van der Waals surface area contributed by atoms with E-state index >= 15 is 0 Å². The van der Waals surface area contributed by atoms with Crippen molar-refractivity contribution in [2.45, 2.75) is 33.2 Å². The monoisotopic (exact) mass is 292 g/mol. The van der Waals surface area contributed by atoms with E-state index in [1.54, 1.807) is 0 Å². The van der Waals surface area contributed by atoms with Crippen molar-refractivity contribution in [2.24, 2.45) is 5.92 Å². The van der Waals surface area contributed by atoms with Crippen molar-refractivity contribution >= 4 is 16.6 Å². The topological polar surface area (TPSA) is 27.8 Å². The number of hydrogen-bond donors (Lipinski definition) is 2. The van der Waals surface area contributed by atoms with E-state index in [4.69, 9.17) is 0 Å². The maximum Gasteiger partial charge on any atom is 0.0464 e. The molecular weight excluding hydrogens is 268 g/mol. The van der Waals surface area contributed by atoms with Crippen LogP contribution in [0.2, 0.25) is 0 Å². The number of anilines is 1. The van der Waals surface area contributed by atoms with Gasteiger partial charge in [0.2, 0.25) is 0 Å². The molecule has 1 unspecified atom stereocenters. The Morgan fingerprint density at radius 1 is 0.955 bits per heavy atom. The van der Waals surface area contributed by atoms with Crippen LogP contribution in [0.1, 0.15) is 27.2 Å². The van der Waals surface area contributed by atoms with E-state index in [1.165, 1.54) is 34.3 Å². The smallest absolute Gasteiger partial charge is 0.0464 e. The van der Waals surface area contributed by atoms with Crippen molar-refractivity contribution in [3.05, 3.63) is 54.6 Å². The van der Waals surface area contributed by atoms with E-state index in [1.807, 2.05) is 0 Å². The molecule has 3 aromatic rings. The van der Waals surface area contributed by atoms with Gasteiger partial charge in [0.05, 0.1) is 0 Å². The minimum absolute atomic E-state index is 0.499. The quantitative estimate of drug-likeness (QED) is 0.622. The maximum atomic E-state index is 3.57. The van der Waals surface area contributed by atoms with Crippen LogP contribution in [0.15, 0.2) is 54.6 Å². The standard InChI is InChI=1S/C20H24N2/c1-14(2)12-15(3)21-18-10-8-16(9-11-18)20-13-17-6-4-5-7-19(17)22-20/h4-11,13-15,21-22H,12H2,1-3H3. The molecule has 22 heavy (non-hydrogen) atoms. The molecule has 0 saturated carbocycles. The average molecular weight is 292 g/mol. The number of rotatable bonds is 5. The number of aromatic amines is 1. The first-order valence-corrected chi connectivity index (χ1v) is 8.06. The van der Waals surface area contributed by atoms with Crippen LogP contribution in [0.3, 0.4) is 0 Å². The summed E-state index contributed by atoms with van der Waals surface area (Å²) in [4.78, 5) is 3.48. The van der Waals surface area contributed by atoms with Crippen molar-refractivity contribution in [2.75, 3.05) is 5.32 Å². The van der Waals surface area contributed by atoms with Gasteiger partial charge in [0, 0.05) is 28.3 Å². The van der Waals surface area contributed by atoms with E-state index in [9.17, 15) is 0 Å². The van der Waals surface area contributed by atoms with Gasteiger partial charge in [-0.3, -0.25) is 0 Å². The predicted octanol–water partition coefficient (Wildman–Crippen LogP) is 5.68. The molecule has 0 bridgehead atoms. The van der Waals surface area contributed by atoms with Crippen molar-refractivity contribution in [1.82, 2.24) is 4.98 Å². The molecule has 2 heteroatoms. The first-order valence-electron chi connectivity index (χ1n) is 8.06. The van der Waals surface area contributed by atoms with Crippen molar-refractivity contribution in [1.29, 1.82) is 0 Å². The van der Waals surface area contributed by atoms with Gasteiger partial charge in [-0.05, 0) is 49.1 Å². The average Bonchev–Trinajstić information content (AvgIpc) is 2.91. The Bertz CT molecular complexity index is 705. The second-order valence-electron chi connectivity index (χ2n) is 6.52. The minimum atomic E-state index is 0.499. The van der Waals surface area contributed by atoms with Gasteiger partial charge in [0.25, 0.3) is 0 Å². The molecule has 3 rings (SSSR count). The number of nitrogens with one attached hydrogen (secondary N) is 2. The van der Waals surface area contributed by atoms with Crippen LogP contribution in [0.5, 0.6) is 0 Å². The van der Waals surface area contributed by atoms with Gasteiger partial charge >= 0.3 is 0 Å². The summed E-state index contributed by atoms with van der Waals surface area (Å²) in [5.41, 5.74) is 4.76. The van der Waals surface area contributed by atoms with Crippen LogP contribution in [0.4, 0.5) is 5.69 Å². The van der Waals surface area contributed by atoms with Gasteiger partial charge in [0.1, 0.15) is 0 Å². The van der Waals surface area contributed by atoms with Crippen LogP contribution in [-0.4, -0.2) is 11.0 Å². The fourth-order valence-electron chi connectivity index (χ4n) is 3.03. The Balaban J connectivity index is 1.76. The first-order chi connectivity index (χ1) is 10.6. The highest BCUT2D eigenvalue weighted by Crippen LogP contribution is 2.25. The number of aromatic nitrogens is 1. The van der Waals surface area contributed by atoms with Crippen molar-refractivity contribution in [3.8, 4) is 11.3 Å². The molecule has 0 fully saturated rings. The third-order valence-corrected chi connectivity index (χ3v) is 3.96. The molecule has 0 radical (unpaired) electrons. The van der Waals surface area contributed by atoms with Gasteiger partial charge in [0.15, 0.2) is 0 Å². The second kappa shape index (κ2) is 6.27. The van der Waals surface area contributed by atoms with Crippen LogP contribution in [0.25, 0.3) is 22.2 Å². The van der Waals surface area contributed by atoms with Crippen molar-refractivity contribution < 1.29 is 0 Å². The minimum Gasteiger partial charge on any atom is -0.383 e. The molecule has 1 aromatic heterocycles. The van der Waals surface area contributed by atoms with Crippen molar-refractivity contribution in [3.63, 3.8) is 0 Å². The number of hydrogen-bond acceptors (Lipinski definition) is 1. The molecule has 0 saturated heterocycles. The molecular formula is C20H24N2. The largest absolute Gasteiger partial charge is 0.383 e. The van der Waals surface area contributed by atoms with Gasteiger partial charge < -0.3 is 10.3 Å². The molecule has 0 amide bonds. The maximum absolute atomic E-state index is 3.57. The fraction of sp³-hybridized carbons (Fsp3) is 0.300. The highest BCUT2D eigenvalue weighted by Gasteiger charge is 2.06. The normalized spacial score (nSPS) is 12.7. The zero-order valence-corrected chi connectivity index (χ0v) is 13.6. The molecule has 1 heterocycles. The summed E-state index contributed by atoms with van der Waals surface area (Å²) in [6.45, 7) is 6.76. The molecule has 0 spiro atoms. The van der Waals surface area contributed by atoms with Crippen LogP contribution >= 0.6 is 0 Å². The number of fused-ring (bicyclic) bond motifs is 1. The molecule has 114 valence electrons. The van der Waals surface area contributed by atoms with E-state index in [0.717, 1.165) is 0 Å². The fourth-order valence-corrected chi connectivity index (χ4v) is 3.03. The Morgan fingerprint density at radius 3 is 2.36 bits per heavy atom. The third kappa shape index (κ3) is 3.33. The summed E-state index contributed by atoms with van der Waals surface area (Å²) < 4.78 is 0. The predicted molar refractivity (Wildman–Crippen MR) is 96.3 cm³/mol. The van der Waals surface area contributed by atoms with Crippen LogP contribution in [-0.2, 0) is 0 Å². The zero-order chi connectivity index (χ0) is 15.5. The first kappa shape index (κ1) is 14.7. The second-order valence-corrected chi connectivity index (χ2v) is 6.52. The summed E-state index contributed by atoms with van der Waals surface area (Å²) in [6, 6.07) is 19.8. The Kier molecular flexibility index (Phi) is 4.19. The lowest BCUT2D eigenvalue weighted by atomic mass is 10.0. The molecule has 0 aliphatic carbocycles. The number of benzene rings is 2. The molecule has 2 nitrogen and oxygen atoms in total. The Morgan fingerprint density at radius 2 is 1.68 bits per heavy atom. The molecule has 1 atom stereocenters. The van der Waals surface area contributed by atoms with Gasteiger partial charge in [-0.25, -0.2) is 0 Å². The van der Waals surface area contributed by atoms with Gasteiger partial charge in [-0.15, -0.1) is 0 Å². The number of H-pyrrole nitrogens is 1. The highest BCUT2D eigenvalue weighted by molar-refractivity contribution is 5.85.